The van der Waals surface area contributed by atoms with Crippen molar-refractivity contribution in [3.05, 3.63) is 59.7 Å². The lowest BCUT2D eigenvalue weighted by Gasteiger charge is -2.20. The molecule has 0 fully saturated rings. The maximum absolute atomic E-state index is 12.3. The molecule has 0 aliphatic heterocycles. The van der Waals surface area contributed by atoms with Gasteiger partial charge in [-0.25, -0.2) is 13.1 Å². The van der Waals surface area contributed by atoms with Crippen LogP contribution in [0.15, 0.2) is 53.4 Å². The Bertz CT molecular complexity index is 996. The second kappa shape index (κ2) is 9.73. The minimum absolute atomic E-state index is 0.0166. The number of nitrogens with one attached hydrogen (secondary N) is 3. The van der Waals surface area contributed by atoms with E-state index in [4.69, 9.17) is 0 Å². The number of aromatic hydroxyl groups is 1. The molecule has 162 valence electrons. The van der Waals surface area contributed by atoms with Gasteiger partial charge < -0.3 is 15.7 Å². The molecule has 0 heterocycles. The van der Waals surface area contributed by atoms with Crippen molar-refractivity contribution < 1.29 is 23.1 Å². The van der Waals surface area contributed by atoms with Crippen LogP contribution in [0.1, 0.15) is 47.9 Å². The maximum atomic E-state index is 12.3. The molecule has 0 spiro atoms. The van der Waals surface area contributed by atoms with Gasteiger partial charge in [0.15, 0.2) is 0 Å². The van der Waals surface area contributed by atoms with E-state index in [0.29, 0.717) is 30.6 Å². The van der Waals surface area contributed by atoms with Crippen LogP contribution in [0.2, 0.25) is 0 Å². The number of benzene rings is 2. The molecule has 0 unspecified atom stereocenters. The predicted molar refractivity (Wildman–Crippen MR) is 114 cm³/mol. The quantitative estimate of drug-likeness (QED) is 0.474. The van der Waals surface area contributed by atoms with Crippen molar-refractivity contribution >= 4 is 21.8 Å². The lowest BCUT2D eigenvalue weighted by atomic mass is 10.1. The molecule has 0 radical (unpaired) electrons. The van der Waals surface area contributed by atoms with Crippen LogP contribution in [0.5, 0.6) is 5.75 Å². The molecule has 9 heteroatoms. The van der Waals surface area contributed by atoms with Gasteiger partial charge in [-0.15, -0.1) is 0 Å². The van der Waals surface area contributed by atoms with Gasteiger partial charge in [-0.2, -0.15) is 0 Å². The Balaban J connectivity index is 1.79. The summed E-state index contributed by atoms with van der Waals surface area (Å²) in [6.45, 7) is 5.94. The monoisotopic (exact) mass is 433 g/mol. The van der Waals surface area contributed by atoms with Crippen molar-refractivity contribution in [1.82, 2.24) is 15.4 Å². The van der Waals surface area contributed by atoms with Gasteiger partial charge in [-0.05, 0) is 69.7 Å². The standard InChI is InChI=1S/C21H27N3O5S/c1-21(2,3)24-30(28,29)18-10-8-15(9-11-18)19(26)22-12-5-13-23-20(27)16-6-4-7-17(25)14-16/h4,6-11,14,24-25H,5,12-13H2,1-3H3,(H,22,26)(H,23,27). The Morgan fingerprint density at radius 3 is 2.00 bits per heavy atom. The number of hydrogen-bond acceptors (Lipinski definition) is 5. The number of phenols is 1. The van der Waals surface area contributed by atoms with Crippen LogP contribution < -0.4 is 15.4 Å². The van der Waals surface area contributed by atoms with E-state index >= 15 is 0 Å². The summed E-state index contributed by atoms with van der Waals surface area (Å²) < 4.78 is 27.1. The third-order valence-electron chi connectivity index (χ3n) is 3.90. The molecule has 0 saturated carbocycles. The summed E-state index contributed by atoms with van der Waals surface area (Å²) in [5.74, 6) is -0.622. The number of hydrogen-bond donors (Lipinski definition) is 4. The molecule has 8 nitrogen and oxygen atoms in total. The van der Waals surface area contributed by atoms with Crippen LogP contribution >= 0.6 is 0 Å². The van der Waals surface area contributed by atoms with Crippen LogP contribution in [0.25, 0.3) is 0 Å². The molecule has 0 aliphatic carbocycles. The summed E-state index contributed by atoms with van der Waals surface area (Å²) in [5, 5.41) is 14.8. The van der Waals surface area contributed by atoms with Crippen LogP contribution in [0, 0.1) is 0 Å². The first-order valence-electron chi connectivity index (χ1n) is 9.47. The molecular weight excluding hydrogens is 406 g/mol. The fraction of sp³-hybridized carbons (Fsp3) is 0.333. The number of rotatable bonds is 8. The summed E-state index contributed by atoms with van der Waals surface area (Å²) in [5.41, 5.74) is 0.0918. The van der Waals surface area contributed by atoms with E-state index in [1.165, 1.54) is 36.4 Å². The molecule has 2 rings (SSSR count). The lowest BCUT2D eigenvalue weighted by molar-refractivity contribution is 0.0951. The zero-order valence-electron chi connectivity index (χ0n) is 17.2. The van der Waals surface area contributed by atoms with Gasteiger partial charge >= 0.3 is 0 Å². The van der Waals surface area contributed by atoms with Gasteiger partial charge in [0, 0.05) is 29.8 Å². The summed E-state index contributed by atoms with van der Waals surface area (Å²) in [4.78, 5) is 24.2. The van der Waals surface area contributed by atoms with Crippen LogP contribution in [-0.4, -0.2) is 44.0 Å². The zero-order valence-corrected chi connectivity index (χ0v) is 18.0. The molecule has 2 aromatic carbocycles. The fourth-order valence-corrected chi connectivity index (χ4v) is 4.01. The second-order valence-corrected chi connectivity index (χ2v) is 9.48. The van der Waals surface area contributed by atoms with E-state index in [2.05, 4.69) is 15.4 Å². The topological polar surface area (TPSA) is 125 Å². The lowest BCUT2D eigenvalue weighted by Crippen LogP contribution is -2.40. The Labute approximate surface area is 176 Å². The van der Waals surface area contributed by atoms with Crippen molar-refractivity contribution in [2.24, 2.45) is 0 Å². The van der Waals surface area contributed by atoms with Gasteiger partial charge in [-0.3, -0.25) is 9.59 Å². The Morgan fingerprint density at radius 1 is 0.900 bits per heavy atom. The number of phenolic OH excluding ortho intramolecular Hbond substituents is 1. The molecule has 0 aromatic heterocycles. The van der Waals surface area contributed by atoms with Crippen molar-refractivity contribution in [2.45, 2.75) is 37.6 Å². The molecule has 30 heavy (non-hydrogen) atoms. The molecule has 2 aromatic rings. The van der Waals surface area contributed by atoms with E-state index in [9.17, 15) is 23.1 Å². The zero-order chi connectivity index (χ0) is 22.4. The molecular formula is C21H27N3O5S. The van der Waals surface area contributed by atoms with Gasteiger partial charge in [0.2, 0.25) is 10.0 Å². The summed E-state index contributed by atoms with van der Waals surface area (Å²) in [6.07, 6.45) is 0.512. The first-order chi connectivity index (χ1) is 14.0. The predicted octanol–water partition coefficient (Wildman–Crippen LogP) is 2.02. The molecule has 0 aliphatic rings. The first-order valence-corrected chi connectivity index (χ1v) is 11.0. The highest BCUT2D eigenvalue weighted by molar-refractivity contribution is 7.89. The van der Waals surface area contributed by atoms with Crippen molar-refractivity contribution in [2.75, 3.05) is 13.1 Å². The van der Waals surface area contributed by atoms with E-state index in [1.54, 1.807) is 32.9 Å². The number of sulfonamides is 1. The summed E-state index contributed by atoms with van der Waals surface area (Å²) in [7, 11) is -3.66. The van der Waals surface area contributed by atoms with Crippen molar-refractivity contribution in [3.8, 4) is 5.75 Å². The summed E-state index contributed by atoms with van der Waals surface area (Å²) in [6, 6.07) is 11.7. The SMILES string of the molecule is CC(C)(C)NS(=O)(=O)c1ccc(C(=O)NCCCNC(=O)c2cccc(O)c2)cc1. The smallest absolute Gasteiger partial charge is 0.251 e. The Morgan fingerprint density at radius 2 is 1.47 bits per heavy atom. The van der Waals surface area contributed by atoms with Crippen LogP contribution in [-0.2, 0) is 10.0 Å². The highest BCUT2D eigenvalue weighted by atomic mass is 32.2. The second-order valence-electron chi connectivity index (χ2n) is 7.80. The van der Waals surface area contributed by atoms with Crippen LogP contribution in [0.3, 0.4) is 0 Å². The number of carbonyl (C=O) groups excluding carboxylic acids is 2. The van der Waals surface area contributed by atoms with E-state index in [1.807, 2.05) is 0 Å². The fourth-order valence-electron chi connectivity index (χ4n) is 2.59. The van der Waals surface area contributed by atoms with Gasteiger partial charge in [0.1, 0.15) is 5.75 Å². The molecule has 0 bridgehead atoms. The molecule has 0 saturated heterocycles. The first kappa shape index (κ1) is 23.4. The minimum atomic E-state index is -3.66. The van der Waals surface area contributed by atoms with Gasteiger partial charge in [0.25, 0.3) is 11.8 Å². The number of carbonyl (C=O) groups is 2. The third kappa shape index (κ3) is 7.16. The highest BCUT2D eigenvalue weighted by Crippen LogP contribution is 2.14. The average molecular weight is 434 g/mol. The molecule has 4 N–H and O–H groups in total. The average Bonchev–Trinajstić information content (AvgIpc) is 2.65. The van der Waals surface area contributed by atoms with Crippen LogP contribution in [0.4, 0.5) is 0 Å². The Kier molecular flexibility index (Phi) is 7.58. The Hall–Kier alpha value is -2.91. The number of amides is 2. The van der Waals surface area contributed by atoms with E-state index in [0.717, 1.165) is 0 Å². The largest absolute Gasteiger partial charge is 0.508 e. The third-order valence-corrected chi connectivity index (χ3v) is 5.67. The minimum Gasteiger partial charge on any atom is -0.508 e. The van der Waals surface area contributed by atoms with Crippen molar-refractivity contribution in [3.63, 3.8) is 0 Å². The highest BCUT2D eigenvalue weighted by Gasteiger charge is 2.22. The van der Waals surface area contributed by atoms with E-state index < -0.39 is 15.6 Å². The molecule has 2 amide bonds. The normalized spacial score (nSPS) is 11.7. The van der Waals surface area contributed by atoms with Crippen molar-refractivity contribution in [1.29, 1.82) is 0 Å². The summed E-state index contributed by atoms with van der Waals surface area (Å²) >= 11 is 0. The maximum Gasteiger partial charge on any atom is 0.251 e. The molecule has 0 atom stereocenters. The van der Waals surface area contributed by atoms with E-state index in [-0.39, 0.29) is 22.5 Å². The van der Waals surface area contributed by atoms with Gasteiger partial charge in [-0.1, -0.05) is 6.07 Å². The van der Waals surface area contributed by atoms with Gasteiger partial charge in [0.05, 0.1) is 4.90 Å².